The van der Waals surface area contributed by atoms with E-state index in [0.717, 1.165) is 12.8 Å². The molecule has 0 aliphatic carbocycles. The van der Waals surface area contributed by atoms with Crippen molar-refractivity contribution >= 4 is 28.7 Å². The number of halogens is 1. The molecular weight excluding hydrogens is 335 g/mol. The predicted molar refractivity (Wildman–Crippen MR) is 100 cm³/mol. The van der Waals surface area contributed by atoms with Crippen molar-refractivity contribution in [3.8, 4) is 0 Å². The predicted octanol–water partition coefficient (Wildman–Crippen LogP) is 3.47. The summed E-state index contributed by atoms with van der Waals surface area (Å²) in [7, 11) is 0. The molecule has 0 aliphatic rings. The minimum atomic E-state index is -0.342. The third-order valence-corrected chi connectivity index (χ3v) is 4.10. The van der Waals surface area contributed by atoms with Crippen molar-refractivity contribution in [1.29, 1.82) is 0 Å². The molecule has 3 rings (SSSR count). The van der Waals surface area contributed by atoms with E-state index < -0.39 is 0 Å². The highest BCUT2D eigenvalue weighted by atomic mass is 19.1. The average Bonchev–Trinajstić information content (AvgIpc) is 2.99. The molecule has 26 heavy (non-hydrogen) atoms. The fourth-order valence-corrected chi connectivity index (χ4v) is 2.88. The van der Waals surface area contributed by atoms with Crippen LogP contribution in [0.25, 0.3) is 11.2 Å². The fraction of sp³-hybridized carbons (Fsp3) is 0.389. The van der Waals surface area contributed by atoms with Gasteiger partial charge in [-0.15, -0.1) is 0 Å². The van der Waals surface area contributed by atoms with Crippen LogP contribution in [0.5, 0.6) is 0 Å². The Balaban J connectivity index is 2.05. The number of anilines is 3. The smallest absolute Gasteiger partial charge is 0.224 e. The van der Waals surface area contributed by atoms with Gasteiger partial charge in [0, 0.05) is 12.6 Å². The highest BCUT2D eigenvalue weighted by molar-refractivity contribution is 5.76. The lowest BCUT2D eigenvalue weighted by Crippen LogP contribution is -2.12. The molecule has 0 aliphatic heterocycles. The highest BCUT2D eigenvalue weighted by Gasteiger charge is 2.18. The molecule has 3 N–H and O–H groups in total. The molecular formula is C18H23FN6O. The second kappa shape index (κ2) is 8.09. The van der Waals surface area contributed by atoms with E-state index in [2.05, 4.69) is 39.4 Å². The van der Waals surface area contributed by atoms with Crippen molar-refractivity contribution in [3.63, 3.8) is 0 Å². The number of aliphatic hydroxyl groups excluding tert-OH is 1. The molecule has 0 saturated heterocycles. The SMILES string of the molecule is CCCC(C)n1c(Nc2ccccc2F)nc2cnc(NCCO)nc21. The van der Waals surface area contributed by atoms with Gasteiger partial charge in [-0.3, -0.25) is 4.57 Å². The lowest BCUT2D eigenvalue weighted by atomic mass is 10.2. The summed E-state index contributed by atoms with van der Waals surface area (Å²) in [6.45, 7) is 4.56. The third-order valence-electron chi connectivity index (χ3n) is 4.10. The van der Waals surface area contributed by atoms with E-state index in [1.165, 1.54) is 6.07 Å². The van der Waals surface area contributed by atoms with Crippen LogP contribution in [0.4, 0.5) is 22.0 Å². The summed E-state index contributed by atoms with van der Waals surface area (Å²) in [6, 6.07) is 6.61. The van der Waals surface area contributed by atoms with Gasteiger partial charge in [0.05, 0.1) is 18.5 Å². The van der Waals surface area contributed by atoms with Crippen LogP contribution in [0.1, 0.15) is 32.7 Å². The molecule has 0 amide bonds. The van der Waals surface area contributed by atoms with E-state index in [9.17, 15) is 4.39 Å². The summed E-state index contributed by atoms with van der Waals surface area (Å²) in [5.41, 5.74) is 1.65. The summed E-state index contributed by atoms with van der Waals surface area (Å²) >= 11 is 0. The van der Waals surface area contributed by atoms with E-state index in [1.54, 1.807) is 24.4 Å². The number of para-hydroxylation sites is 1. The van der Waals surface area contributed by atoms with Gasteiger partial charge in [0.15, 0.2) is 5.65 Å². The molecule has 0 fully saturated rings. The van der Waals surface area contributed by atoms with Gasteiger partial charge < -0.3 is 15.7 Å². The molecule has 1 aromatic carbocycles. The maximum absolute atomic E-state index is 14.1. The van der Waals surface area contributed by atoms with Crippen LogP contribution in [-0.4, -0.2) is 37.8 Å². The minimum Gasteiger partial charge on any atom is -0.395 e. The van der Waals surface area contributed by atoms with Crippen LogP contribution < -0.4 is 10.6 Å². The van der Waals surface area contributed by atoms with E-state index in [1.807, 2.05) is 4.57 Å². The number of hydrogen-bond donors (Lipinski definition) is 3. The monoisotopic (exact) mass is 358 g/mol. The summed E-state index contributed by atoms with van der Waals surface area (Å²) < 4.78 is 16.0. The summed E-state index contributed by atoms with van der Waals surface area (Å²) in [4.78, 5) is 13.3. The molecule has 2 aromatic heterocycles. The van der Waals surface area contributed by atoms with Gasteiger partial charge in [-0.1, -0.05) is 25.5 Å². The Kier molecular flexibility index (Phi) is 5.62. The quantitative estimate of drug-likeness (QED) is 0.571. The maximum atomic E-state index is 14.1. The molecule has 7 nitrogen and oxygen atoms in total. The normalized spacial score (nSPS) is 12.3. The van der Waals surface area contributed by atoms with Crippen LogP contribution >= 0.6 is 0 Å². The number of nitrogens with zero attached hydrogens (tertiary/aromatic N) is 4. The lowest BCUT2D eigenvalue weighted by Gasteiger charge is -2.17. The zero-order valence-corrected chi connectivity index (χ0v) is 14.9. The zero-order valence-electron chi connectivity index (χ0n) is 14.9. The molecule has 138 valence electrons. The molecule has 0 spiro atoms. The van der Waals surface area contributed by atoms with Gasteiger partial charge >= 0.3 is 0 Å². The Labute approximate surface area is 151 Å². The van der Waals surface area contributed by atoms with Crippen molar-refractivity contribution in [3.05, 3.63) is 36.3 Å². The van der Waals surface area contributed by atoms with Crippen LogP contribution in [0, 0.1) is 5.82 Å². The Morgan fingerprint density at radius 1 is 1.27 bits per heavy atom. The number of aromatic nitrogens is 4. The van der Waals surface area contributed by atoms with Crippen molar-refractivity contribution in [2.75, 3.05) is 23.8 Å². The summed E-state index contributed by atoms with van der Waals surface area (Å²) in [5.74, 6) is 0.610. The number of fused-ring (bicyclic) bond motifs is 1. The molecule has 0 saturated carbocycles. The first-order valence-electron chi connectivity index (χ1n) is 8.75. The van der Waals surface area contributed by atoms with Gasteiger partial charge in [0.25, 0.3) is 0 Å². The zero-order chi connectivity index (χ0) is 18.5. The second-order valence-electron chi connectivity index (χ2n) is 6.10. The molecule has 3 aromatic rings. The number of aliphatic hydroxyl groups is 1. The first kappa shape index (κ1) is 18.1. The standard InChI is InChI=1S/C18H23FN6O/c1-3-6-12(2)25-16-15(11-21-17(24-16)20-9-10-26)23-18(25)22-14-8-5-4-7-13(14)19/h4-5,7-8,11-12,26H,3,6,9-10H2,1-2H3,(H,22,23)(H,20,21,24). The van der Waals surface area contributed by atoms with Crippen LogP contribution in [-0.2, 0) is 0 Å². The topological polar surface area (TPSA) is 87.9 Å². The molecule has 0 bridgehead atoms. The second-order valence-corrected chi connectivity index (χ2v) is 6.10. The fourth-order valence-electron chi connectivity index (χ4n) is 2.88. The molecule has 1 atom stereocenters. The van der Waals surface area contributed by atoms with Gasteiger partial charge in [-0.25, -0.2) is 14.4 Å². The summed E-state index contributed by atoms with van der Waals surface area (Å²) in [5, 5.41) is 15.0. The maximum Gasteiger partial charge on any atom is 0.224 e. The van der Waals surface area contributed by atoms with Gasteiger partial charge in [-0.05, 0) is 25.5 Å². The number of imidazole rings is 1. The van der Waals surface area contributed by atoms with Gasteiger partial charge in [0.1, 0.15) is 11.3 Å². The number of benzene rings is 1. The summed E-state index contributed by atoms with van der Waals surface area (Å²) in [6.07, 6.45) is 3.56. The first-order chi connectivity index (χ1) is 12.6. The Morgan fingerprint density at radius 3 is 2.81 bits per heavy atom. The Bertz CT molecular complexity index is 881. The number of hydrogen-bond acceptors (Lipinski definition) is 6. The first-order valence-corrected chi connectivity index (χ1v) is 8.75. The average molecular weight is 358 g/mol. The van der Waals surface area contributed by atoms with Crippen molar-refractivity contribution in [1.82, 2.24) is 19.5 Å². The molecule has 1 unspecified atom stereocenters. The largest absolute Gasteiger partial charge is 0.395 e. The lowest BCUT2D eigenvalue weighted by molar-refractivity contribution is 0.311. The van der Waals surface area contributed by atoms with Crippen molar-refractivity contribution in [2.24, 2.45) is 0 Å². The van der Waals surface area contributed by atoms with Crippen LogP contribution in [0.15, 0.2) is 30.5 Å². The minimum absolute atomic E-state index is 0.00696. The molecule has 8 heteroatoms. The van der Waals surface area contributed by atoms with E-state index in [4.69, 9.17) is 5.11 Å². The van der Waals surface area contributed by atoms with Crippen molar-refractivity contribution < 1.29 is 9.50 Å². The Morgan fingerprint density at radius 2 is 2.08 bits per heavy atom. The van der Waals surface area contributed by atoms with Gasteiger partial charge in [0.2, 0.25) is 11.9 Å². The van der Waals surface area contributed by atoms with Crippen LogP contribution in [0.3, 0.4) is 0 Å². The van der Waals surface area contributed by atoms with E-state index >= 15 is 0 Å². The highest BCUT2D eigenvalue weighted by Crippen LogP contribution is 2.28. The Hall–Kier alpha value is -2.74. The number of rotatable bonds is 8. The van der Waals surface area contributed by atoms with Crippen molar-refractivity contribution in [2.45, 2.75) is 32.7 Å². The van der Waals surface area contributed by atoms with Gasteiger partial charge in [-0.2, -0.15) is 4.98 Å². The van der Waals surface area contributed by atoms with E-state index in [0.29, 0.717) is 35.3 Å². The van der Waals surface area contributed by atoms with E-state index in [-0.39, 0.29) is 18.5 Å². The molecule has 2 heterocycles. The third kappa shape index (κ3) is 3.75. The number of nitrogens with one attached hydrogen (secondary N) is 2. The molecule has 0 radical (unpaired) electrons. The van der Waals surface area contributed by atoms with Crippen LogP contribution in [0.2, 0.25) is 0 Å².